The summed E-state index contributed by atoms with van der Waals surface area (Å²) in [5.41, 5.74) is -1.42. The topological polar surface area (TPSA) is 36.9 Å². The zero-order valence-electron chi connectivity index (χ0n) is 25.5. The predicted octanol–water partition coefficient (Wildman–Crippen LogP) is 10.2. The molecule has 0 atom stereocenters. The number of unbranched alkanes of at least 4 members (excludes halogenated alkanes) is 2. The van der Waals surface area contributed by atoms with E-state index in [0.29, 0.717) is 37.3 Å². The van der Waals surface area contributed by atoms with Crippen LogP contribution in [0, 0.1) is 35.1 Å². The Balaban J connectivity index is 1.21. The van der Waals surface area contributed by atoms with Crippen LogP contribution in [0.3, 0.4) is 0 Å². The molecule has 1 aliphatic heterocycles. The van der Waals surface area contributed by atoms with Crippen molar-refractivity contribution in [2.24, 2.45) is 11.8 Å². The highest BCUT2D eigenvalue weighted by molar-refractivity contribution is 5.65. The van der Waals surface area contributed by atoms with Crippen LogP contribution in [0.5, 0.6) is 11.5 Å². The number of alkyl halides is 3. The minimum absolute atomic E-state index is 0.0827. The van der Waals surface area contributed by atoms with E-state index in [1.165, 1.54) is 31.4 Å². The van der Waals surface area contributed by atoms with Crippen molar-refractivity contribution in [3.63, 3.8) is 0 Å². The highest BCUT2D eigenvalue weighted by atomic mass is 19.3. The lowest BCUT2D eigenvalue weighted by molar-refractivity contribution is -0.229. The number of benzene rings is 3. The van der Waals surface area contributed by atoms with Gasteiger partial charge in [0.2, 0.25) is 6.86 Å². The fourth-order valence-corrected chi connectivity index (χ4v) is 6.35. The van der Waals surface area contributed by atoms with E-state index >= 15 is 4.39 Å². The quantitative estimate of drug-likeness (QED) is 0.144. The van der Waals surface area contributed by atoms with Gasteiger partial charge in [0.05, 0.1) is 13.2 Å². The van der Waals surface area contributed by atoms with Gasteiger partial charge in [-0.25, -0.2) is 22.0 Å². The second-order valence-electron chi connectivity index (χ2n) is 12.0. The van der Waals surface area contributed by atoms with Gasteiger partial charge in [-0.2, -0.15) is 8.78 Å². The maximum Gasteiger partial charge on any atom is 0.432 e. The molecule has 0 N–H and O–H groups in total. The van der Waals surface area contributed by atoms with Crippen LogP contribution in [-0.2, 0) is 15.6 Å². The smallest absolute Gasteiger partial charge is 0.432 e. The van der Waals surface area contributed by atoms with E-state index in [0.717, 1.165) is 49.8 Å². The van der Waals surface area contributed by atoms with Crippen molar-refractivity contribution < 1.29 is 49.7 Å². The molecule has 5 rings (SSSR count). The van der Waals surface area contributed by atoms with Crippen LogP contribution >= 0.6 is 0 Å². The largest absolute Gasteiger partial charge is 0.460 e. The van der Waals surface area contributed by atoms with E-state index in [-0.39, 0.29) is 29.3 Å². The van der Waals surface area contributed by atoms with Crippen molar-refractivity contribution in [1.29, 1.82) is 0 Å². The first-order chi connectivity index (χ1) is 22.1. The number of halogens is 7. The molecule has 0 radical (unpaired) electrons. The highest BCUT2D eigenvalue weighted by Gasteiger charge is 2.41. The van der Waals surface area contributed by atoms with E-state index in [1.54, 1.807) is 6.07 Å². The summed E-state index contributed by atoms with van der Waals surface area (Å²) in [6.45, 7) is 2.24. The van der Waals surface area contributed by atoms with Crippen LogP contribution in [0.4, 0.5) is 30.7 Å². The molecule has 0 bridgehead atoms. The lowest BCUT2D eigenvalue weighted by atomic mass is 9.78. The first kappa shape index (κ1) is 34.0. The van der Waals surface area contributed by atoms with Crippen LogP contribution in [0.1, 0.15) is 75.3 Å². The van der Waals surface area contributed by atoms with Crippen LogP contribution in [0.25, 0.3) is 11.1 Å². The molecule has 0 amide bonds. The Morgan fingerprint density at radius 1 is 0.804 bits per heavy atom. The molecular weight excluding hydrogens is 617 g/mol. The van der Waals surface area contributed by atoms with Gasteiger partial charge in [0.1, 0.15) is 28.8 Å². The first-order valence-electron chi connectivity index (χ1n) is 15.7. The van der Waals surface area contributed by atoms with E-state index in [1.807, 2.05) is 0 Å². The molecule has 1 saturated carbocycles. The summed E-state index contributed by atoms with van der Waals surface area (Å²) < 4.78 is 122. The van der Waals surface area contributed by atoms with E-state index in [9.17, 15) is 26.3 Å². The summed E-state index contributed by atoms with van der Waals surface area (Å²) >= 11 is 0. The molecule has 2 aliphatic rings. The fourth-order valence-electron chi connectivity index (χ4n) is 6.35. The number of rotatable bonds is 12. The molecule has 2 fully saturated rings. The van der Waals surface area contributed by atoms with Crippen LogP contribution in [0.15, 0.2) is 48.5 Å². The van der Waals surface area contributed by atoms with Crippen molar-refractivity contribution in [2.45, 2.75) is 76.6 Å². The summed E-state index contributed by atoms with van der Waals surface area (Å²) in [4.78, 5) is 0. The van der Waals surface area contributed by atoms with E-state index < -0.39 is 53.3 Å². The first-order valence-corrected chi connectivity index (χ1v) is 15.7. The second-order valence-corrected chi connectivity index (χ2v) is 12.0. The van der Waals surface area contributed by atoms with Crippen LogP contribution in [-0.4, -0.2) is 26.4 Å². The van der Waals surface area contributed by atoms with Gasteiger partial charge in [0, 0.05) is 23.5 Å². The molecule has 0 unspecified atom stereocenters. The lowest BCUT2D eigenvalue weighted by Gasteiger charge is -2.37. The standard InChI is InChI=1S/C35H37F7O4/c1-2-3-4-5-21-18-43-34(44-19-21)23-8-6-22(7-9-23)24-10-12-27(28(37)14-24)25-15-30(39)33(31(40)16-25)35(41,42)46-26-11-13-32(45-20-36)29(38)17-26/h10-17,21-23,34H,2-9,18-20H2,1H3. The molecule has 0 aromatic heterocycles. The Kier molecular flexibility index (Phi) is 11.1. The van der Waals surface area contributed by atoms with E-state index in [4.69, 9.17) is 9.47 Å². The van der Waals surface area contributed by atoms with Crippen LogP contribution in [0.2, 0.25) is 0 Å². The molecule has 1 heterocycles. The summed E-state index contributed by atoms with van der Waals surface area (Å²) in [6, 6.07) is 7.71. The van der Waals surface area contributed by atoms with Gasteiger partial charge in [-0.1, -0.05) is 38.3 Å². The Labute approximate surface area is 263 Å². The fraction of sp³-hybridized carbons (Fsp3) is 0.486. The Hall–Kier alpha value is -3.31. The van der Waals surface area contributed by atoms with Crippen molar-refractivity contribution in [3.8, 4) is 22.6 Å². The maximum atomic E-state index is 15.3. The molecule has 3 aromatic carbocycles. The molecule has 4 nitrogen and oxygen atoms in total. The van der Waals surface area contributed by atoms with Gasteiger partial charge in [-0.05, 0) is 79.5 Å². The Morgan fingerprint density at radius 2 is 1.50 bits per heavy atom. The predicted molar refractivity (Wildman–Crippen MR) is 157 cm³/mol. The Bertz CT molecular complexity index is 1440. The third kappa shape index (κ3) is 7.97. The van der Waals surface area contributed by atoms with Crippen LogP contribution < -0.4 is 9.47 Å². The van der Waals surface area contributed by atoms with Gasteiger partial charge >= 0.3 is 6.11 Å². The average molecular weight is 655 g/mol. The molecular formula is C35H37F7O4. The number of ether oxygens (including phenoxy) is 4. The second kappa shape index (κ2) is 15.1. The minimum Gasteiger partial charge on any atom is -0.460 e. The molecule has 11 heteroatoms. The third-order valence-corrected chi connectivity index (χ3v) is 8.83. The van der Waals surface area contributed by atoms with Crippen molar-refractivity contribution >= 4 is 0 Å². The molecule has 1 aliphatic carbocycles. The number of hydrogen-bond donors (Lipinski definition) is 0. The summed E-state index contributed by atoms with van der Waals surface area (Å²) in [5, 5.41) is 0. The lowest BCUT2D eigenvalue weighted by Crippen LogP contribution is -2.38. The Morgan fingerprint density at radius 3 is 2.11 bits per heavy atom. The summed E-state index contributed by atoms with van der Waals surface area (Å²) in [6.07, 6.45) is 3.21. The van der Waals surface area contributed by atoms with Gasteiger partial charge in [0.15, 0.2) is 17.9 Å². The van der Waals surface area contributed by atoms with Crippen molar-refractivity contribution in [2.75, 3.05) is 20.1 Å². The SMILES string of the molecule is CCCCCC1COC(C2CCC(c3ccc(-c4cc(F)c(C(F)(F)Oc5ccc(OCF)c(F)c5)c(F)c4)c(F)c3)CC2)OC1. The average Bonchev–Trinajstić information content (AvgIpc) is 3.02. The molecule has 46 heavy (non-hydrogen) atoms. The monoisotopic (exact) mass is 654 g/mol. The molecule has 1 saturated heterocycles. The van der Waals surface area contributed by atoms with Crippen molar-refractivity contribution in [3.05, 3.63) is 82.9 Å². The zero-order chi connectivity index (χ0) is 32.8. The van der Waals surface area contributed by atoms with Gasteiger partial charge in [0.25, 0.3) is 0 Å². The van der Waals surface area contributed by atoms with Gasteiger partial charge < -0.3 is 18.9 Å². The van der Waals surface area contributed by atoms with Gasteiger partial charge in [-0.15, -0.1) is 0 Å². The van der Waals surface area contributed by atoms with Crippen molar-refractivity contribution in [1.82, 2.24) is 0 Å². The molecule has 250 valence electrons. The molecule has 0 spiro atoms. The van der Waals surface area contributed by atoms with Gasteiger partial charge in [-0.3, -0.25) is 0 Å². The normalized spacial score (nSPS) is 22.1. The zero-order valence-corrected chi connectivity index (χ0v) is 25.5. The number of hydrogen-bond acceptors (Lipinski definition) is 4. The maximum absolute atomic E-state index is 15.3. The highest BCUT2D eigenvalue weighted by Crippen LogP contribution is 2.41. The molecule has 3 aromatic rings. The minimum atomic E-state index is -4.56. The van der Waals surface area contributed by atoms with E-state index in [2.05, 4.69) is 16.4 Å². The third-order valence-electron chi connectivity index (χ3n) is 8.83. The summed E-state index contributed by atoms with van der Waals surface area (Å²) in [5.74, 6) is -5.88. The summed E-state index contributed by atoms with van der Waals surface area (Å²) in [7, 11) is 0.